The van der Waals surface area contributed by atoms with Crippen LogP contribution in [0.25, 0.3) is 0 Å². The minimum atomic E-state index is 0.613. The third-order valence-electron chi connectivity index (χ3n) is 2.71. The smallest absolute Gasteiger partial charge is 0.0425 e. The highest BCUT2D eigenvalue weighted by molar-refractivity contribution is 5.70. The maximum atomic E-state index is 4.18. The summed E-state index contributed by atoms with van der Waals surface area (Å²) in [5.41, 5.74) is 0.613. The summed E-state index contributed by atoms with van der Waals surface area (Å²) in [7, 11) is 0. The molecule has 1 nitrogen and oxygen atoms in total. The summed E-state index contributed by atoms with van der Waals surface area (Å²) >= 11 is 0. The summed E-state index contributed by atoms with van der Waals surface area (Å²) in [6.45, 7) is 5.75. The molecule has 2 atom stereocenters. The highest BCUT2D eigenvalue weighted by Gasteiger charge is 2.58. The lowest BCUT2D eigenvalue weighted by molar-refractivity contribution is 0.552. The average Bonchev–Trinajstić information content (AvgIpc) is 2.22. The fourth-order valence-electron chi connectivity index (χ4n) is 1.72. The third-order valence-corrected chi connectivity index (χ3v) is 2.71. The van der Waals surface area contributed by atoms with Gasteiger partial charge in [-0.05, 0) is 11.3 Å². The van der Waals surface area contributed by atoms with Crippen LogP contribution in [0.2, 0.25) is 0 Å². The molecule has 0 aromatic heterocycles. The van der Waals surface area contributed by atoms with E-state index in [1.54, 1.807) is 0 Å². The Balaban J connectivity index is 2.24. The third kappa shape index (κ3) is 0.320. The molecule has 0 amide bonds. The molecule has 1 saturated carbocycles. The van der Waals surface area contributed by atoms with Crippen molar-refractivity contribution in [1.29, 1.82) is 0 Å². The van der Waals surface area contributed by atoms with Crippen molar-refractivity contribution in [2.45, 2.75) is 13.8 Å². The lowest BCUT2D eigenvalue weighted by Gasteiger charge is -2.00. The standard InChI is InChI=1S/C7H11N/c1-7(2)5-3-8-4-6(5)7/h3,5-6H,4H2,1-2H3/t5-,6+/m0/s1. The summed E-state index contributed by atoms with van der Waals surface area (Å²) in [6.07, 6.45) is 2.13. The van der Waals surface area contributed by atoms with Crippen molar-refractivity contribution in [3.8, 4) is 0 Å². The SMILES string of the molecule is CC1(C)[C@@H]2CN=C[C@@H]21. The highest BCUT2D eigenvalue weighted by atomic mass is 14.9. The molecule has 1 heteroatoms. The van der Waals surface area contributed by atoms with E-state index in [1.807, 2.05) is 0 Å². The molecular weight excluding hydrogens is 98.1 g/mol. The van der Waals surface area contributed by atoms with Gasteiger partial charge in [0, 0.05) is 18.7 Å². The van der Waals surface area contributed by atoms with Crippen LogP contribution in [0.5, 0.6) is 0 Å². The van der Waals surface area contributed by atoms with E-state index in [0.717, 1.165) is 18.4 Å². The van der Waals surface area contributed by atoms with Gasteiger partial charge in [0.2, 0.25) is 0 Å². The van der Waals surface area contributed by atoms with E-state index < -0.39 is 0 Å². The molecule has 0 saturated heterocycles. The number of fused-ring (bicyclic) bond motifs is 1. The Hall–Kier alpha value is -0.330. The zero-order valence-corrected chi connectivity index (χ0v) is 5.39. The summed E-state index contributed by atoms with van der Waals surface area (Å²) in [4.78, 5) is 4.18. The zero-order chi connectivity index (χ0) is 5.78. The van der Waals surface area contributed by atoms with Crippen molar-refractivity contribution in [3.63, 3.8) is 0 Å². The predicted octanol–water partition coefficient (Wildman–Crippen LogP) is 1.34. The molecule has 1 heterocycles. The topological polar surface area (TPSA) is 12.4 Å². The number of hydrogen-bond acceptors (Lipinski definition) is 1. The van der Waals surface area contributed by atoms with E-state index in [2.05, 4.69) is 25.1 Å². The first-order valence-corrected chi connectivity index (χ1v) is 3.23. The van der Waals surface area contributed by atoms with Gasteiger partial charge in [0.25, 0.3) is 0 Å². The van der Waals surface area contributed by atoms with Gasteiger partial charge in [0.1, 0.15) is 0 Å². The van der Waals surface area contributed by atoms with Gasteiger partial charge in [-0.2, -0.15) is 0 Å². The second kappa shape index (κ2) is 0.996. The molecule has 8 heavy (non-hydrogen) atoms. The van der Waals surface area contributed by atoms with Crippen LogP contribution in [0.4, 0.5) is 0 Å². The number of rotatable bonds is 0. The Labute approximate surface area is 49.8 Å². The number of hydrogen-bond donors (Lipinski definition) is 0. The van der Waals surface area contributed by atoms with Gasteiger partial charge in [-0.25, -0.2) is 0 Å². The zero-order valence-electron chi connectivity index (χ0n) is 5.39. The molecule has 44 valence electrons. The molecule has 0 N–H and O–H groups in total. The molecule has 0 bridgehead atoms. The molecule has 1 aliphatic carbocycles. The van der Waals surface area contributed by atoms with Gasteiger partial charge in [0.05, 0.1) is 0 Å². The average molecular weight is 109 g/mol. The summed E-state index contributed by atoms with van der Waals surface area (Å²) in [5.74, 6) is 1.74. The quantitative estimate of drug-likeness (QED) is 0.445. The van der Waals surface area contributed by atoms with Crippen molar-refractivity contribution in [2.75, 3.05) is 6.54 Å². The Kier molecular flexibility index (Phi) is 0.565. The van der Waals surface area contributed by atoms with Gasteiger partial charge in [-0.15, -0.1) is 0 Å². The number of nitrogens with zero attached hydrogens (tertiary/aromatic N) is 1. The monoisotopic (exact) mass is 109 g/mol. The molecule has 0 unspecified atom stereocenters. The summed E-state index contributed by atoms with van der Waals surface area (Å²) < 4.78 is 0. The van der Waals surface area contributed by atoms with Crippen molar-refractivity contribution >= 4 is 6.21 Å². The van der Waals surface area contributed by atoms with Crippen molar-refractivity contribution < 1.29 is 0 Å². The van der Waals surface area contributed by atoms with Crippen LogP contribution in [0.1, 0.15) is 13.8 Å². The van der Waals surface area contributed by atoms with Crippen LogP contribution < -0.4 is 0 Å². The summed E-state index contributed by atoms with van der Waals surface area (Å²) in [6, 6.07) is 0. The molecule has 2 rings (SSSR count). The maximum Gasteiger partial charge on any atom is 0.0425 e. The van der Waals surface area contributed by atoms with Crippen molar-refractivity contribution in [3.05, 3.63) is 0 Å². The summed E-state index contributed by atoms with van der Waals surface area (Å²) in [5, 5.41) is 0. The second-order valence-corrected chi connectivity index (χ2v) is 3.47. The molecule has 1 fully saturated rings. The normalized spacial score (nSPS) is 46.8. The van der Waals surface area contributed by atoms with E-state index in [1.165, 1.54) is 0 Å². The molecule has 0 spiro atoms. The Bertz CT molecular complexity index is 146. The minimum Gasteiger partial charge on any atom is -0.297 e. The fourth-order valence-corrected chi connectivity index (χ4v) is 1.72. The van der Waals surface area contributed by atoms with E-state index in [9.17, 15) is 0 Å². The van der Waals surface area contributed by atoms with Crippen molar-refractivity contribution in [1.82, 2.24) is 0 Å². The van der Waals surface area contributed by atoms with E-state index in [0.29, 0.717) is 5.41 Å². The van der Waals surface area contributed by atoms with E-state index >= 15 is 0 Å². The molecule has 0 aromatic rings. The maximum absolute atomic E-state index is 4.18. The first-order chi connectivity index (χ1) is 3.73. The molecule has 1 aliphatic heterocycles. The minimum absolute atomic E-state index is 0.613. The van der Waals surface area contributed by atoms with Crippen LogP contribution in [-0.4, -0.2) is 12.8 Å². The Morgan fingerprint density at radius 2 is 2.38 bits per heavy atom. The van der Waals surface area contributed by atoms with Gasteiger partial charge in [0.15, 0.2) is 0 Å². The van der Waals surface area contributed by atoms with Crippen molar-refractivity contribution in [2.24, 2.45) is 22.2 Å². The predicted molar refractivity (Wildman–Crippen MR) is 34.1 cm³/mol. The Morgan fingerprint density at radius 1 is 1.62 bits per heavy atom. The van der Waals surface area contributed by atoms with Crippen LogP contribution in [-0.2, 0) is 0 Å². The first-order valence-electron chi connectivity index (χ1n) is 3.23. The largest absolute Gasteiger partial charge is 0.297 e. The number of aliphatic imine (C=N–C) groups is 1. The highest BCUT2D eigenvalue weighted by Crippen LogP contribution is 2.59. The van der Waals surface area contributed by atoms with E-state index in [-0.39, 0.29) is 0 Å². The van der Waals surface area contributed by atoms with Gasteiger partial charge in [-0.3, -0.25) is 4.99 Å². The van der Waals surface area contributed by atoms with Crippen LogP contribution in [0.15, 0.2) is 4.99 Å². The molecule has 2 aliphatic rings. The van der Waals surface area contributed by atoms with Crippen LogP contribution >= 0.6 is 0 Å². The lowest BCUT2D eigenvalue weighted by atomic mass is 10.1. The van der Waals surface area contributed by atoms with Gasteiger partial charge < -0.3 is 0 Å². The van der Waals surface area contributed by atoms with E-state index in [4.69, 9.17) is 0 Å². The van der Waals surface area contributed by atoms with Gasteiger partial charge in [-0.1, -0.05) is 13.8 Å². The molecular formula is C7H11N. The second-order valence-electron chi connectivity index (χ2n) is 3.47. The van der Waals surface area contributed by atoms with Crippen LogP contribution in [0, 0.1) is 17.3 Å². The van der Waals surface area contributed by atoms with Crippen LogP contribution in [0.3, 0.4) is 0 Å². The molecule has 0 radical (unpaired) electrons. The lowest BCUT2D eigenvalue weighted by Crippen LogP contribution is -1.96. The first kappa shape index (κ1) is 4.54. The van der Waals surface area contributed by atoms with Gasteiger partial charge >= 0.3 is 0 Å². The molecule has 0 aromatic carbocycles. The fraction of sp³-hybridized carbons (Fsp3) is 0.857. The Morgan fingerprint density at radius 3 is 2.62 bits per heavy atom.